The van der Waals surface area contributed by atoms with E-state index in [9.17, 15) is 0 Å². The Bertz CT molecular complexity index is 278. The van der Waals surface area contributed by atoms with E-state index in [1.165, 1.54) is 44.5 Å². The maximum atomic E-state index is 3.50. The second-order valence-electron chi connectivity index (χ2n) is 4.56. The smallest absolute Gasteiger partial charge is 0.0205 e. The van der Waals surface area contributed by atoms with Crippen molar-refractivity contribution < 1.29 is 0 Å². The van der Waals surface area contributed by atoms with Gasteiger partial charge in [0, 0.05) is 6.54 Å². The van der Waals surface area contributed by atoms with E-state index in [1.807, 2.05) is 0 Å². The molecule has 2 heteroatoms. The highest BCUT2D eigenvalue weighted by molar-refractivity contribution is 5.14. The van der Waals surface area contributed by atoms with Crippen LogP contribution in [-0.2, 0) is 6.54 Å². The molecule has 0 saturated carbocycles. The quantitative estimate of drug-likeness (QED) is 0.737. The van der Waals surface area contributed by atoms with Crippen LogP contribution in [0.2, 0.25) is 0 Å². The van der Waals surface area contributed by atoms with Crippen LogP contribution < -0.4 is 5.32 Å². The Labute approximate surface area is 98.7 Å². The van der Waals surface area contributed by atoms with Gasteiger partial charge in [0.25, 0.3) is 0 Å². The van der Waals surface area contributed by atoms with Crippen molar-refractivity contribution >= 4 is 0 Å². The van der Waals surface area contributed by atoms with E-state index in [4.69, 9.17) is 0 Å². The van der Waals surface area contributed by atoms with Crippen molar-refractivity contribution in [2.75, 3.05) is 26.2 Å². The summed E-state index contributed by atoms with van der Waals surface area (Å²) in [6.07, 6.45) is 4.07. The van der Waals surface area contributed by atoms with Crippen LogP contribution in [0.3, 0.4) is 0 Å². The zero-order chi connectivity index (χ0) is 11.1. The van der Waals surface area contributed by atoms with Gasteiger partial charge in [-0.3, -0.25) is 0 Å². The molecule has 0 bridgehead atoms. The average molecular weight is 218 g/mol. The Hall–Kier alpha value is -0.860. The molecule has 1 aromatic rings. The van der Waals surface area contributed by atoms with Gasteiger partial charge in [0.15, 0.2) is 0 Å². The molecule has 1 heterocycles. The Balaban J connectivity index is 1.52. The second-order valence-corrected chi connectivity index (χ2v) is 4.56. The lowest BCUT2D eigenvalue weighted by Crippen LogP contribution is -2.24. The first-order chi connectivity index (χ1) is 7.95. The monoisotopic (exact) mass is 218 g/mol. The van der Waals surface area contributed by atoms with Crippen molar-refractivity contribution in [3.63, 3.8) is 0 Å². The first-order valence-electron chi connectivity index (χ1n) is 6.42. The number of nitrogens with zero attached hydrogens (tertiary/aromatic N) is 1. The fourth-order valence-corrected chi connectivity index (χ4v) is 2.26. The Morgan fingerprint density at radius 1 is 1.06 bits per heavy atom. The van der Waals surface area contributed by atoms with E-state index in [1.54, 1.807) is 0 Å². The SMILES string of the molecule is c1ccc(CNCCCN2CCCC2)cc1. The van der Waals surface area contributed by atoms with E-state index >= 15 is 0 Å². The maximum Gasteiger partial charge on any atom is 0.0205 e. The van der Waals surface area contributed by atoms with Crippen molar-refractivity contribution in [1.29, 1.82) is 0 Å². The van der Waals surface area contributed by atoms with E-state index in [2.05, 4.69) is 40.5 Å². The fourth-order valence-electron chi connectivity index (χ4n) is 2.26. The molecule has 0 amide bonds. The molecule has 0 unspecified atom stereocenters. The lowest BCUT2D eigenvalue weighted by atomic mass is 10.2. The van der Waals surface area contributed by atoms with Crippen molar-refractivity contribution in [1.82, 2.24) is 10.2 Å². The van der Waals surface area contributed by atoms with Gasteiger partial charge in [0.2, 0.25) is 0 Å². The number of hydrogen-bond acceptors (Lipinski definition) is 2. The summed E-state index contributed by atoms with van der Waals surface area (Å²) >= 11 is 0. The number of nitrogens with one attached hydrogen (secondary N) is 1. The molecule has 1 aromatic carbocycles. The molecule has 0 atom stereocenters. The molecule has 1 saturated heterocycles. The molecule has 0 spiro atoms. The van der Waals surface area contributed by atoms with Crippen LogP contribution in [0.5, 0.6) is 0 Å². The van der Waals surface area contributed by atoms with Gasteiger partial charge < -0.3 is 10.2 Å². The average Bonchev–Trinajstić information content (AvgIpc) is 2.83. The van der Waals surface area contributed by atoms with Crippen LogP contribution >= 0.6 is 0 Å². The molecule has 1 aliphatic rings. The van der Waals surface area contributed by atoms with Crippen molar-refractivity contribution in [3.05, 3.63) is 35.9 Å². The van der Waals surface area contributed by atoms with Gasteiger partial charge in [-0.1, -0.05) is 30.3 Å². The standard InChI is InChI=1S/C14H22N2/c1-2-7-14(8-3-1)13-15-9-6-12-16-10-4-5-11-16/h1-3,7-8,15H,4-6,9-13H2. The molecule has 2 rings (SSSR count). The van der Waals surface area contributed by atoms with E-state index in [0.717, 1.165) is 13.1 Å². The van der Waals surface area contributed by atoms with Gasteiger partial charge >= 0.3 is 0 Å². The molecular formula is C14H22N2. The van der Waals surface area contributed by atoms with Gasteiger partial charge in [-0.05, 0) is 51.0 Å². The van der Waals surface area contributed by atoms with Crippen LogP contribution in [-0.4, -0.2) is 31.1 Å². The lowest BCUT2D eigenvalue weighted by Gasteiger charge is -2.14. The molecule has 1 aliphatic heterocycles. The molecule has 0 aliphatic carbocycles. The Morgan fingerprint density at radius 2 is 1.81 bits per heavy atom. The molecule has 88 valence electrons. The third kappa shape index (κ3) is 3.95. The Morgan fingerprint density at radius 3 is 2.56 bits per heavy atom. The number of benzene rings is 1. The maximum absolute atomic E-state index is 3.50. The van der Waals surface area contributed by atoms with Crippen molar-refractivity contribution in [3.8, 4) is 0 Å². The van der Waals surface area contributed by atoms with E-state index in [-0.39, 0.29) is 0 Å². The minimum atomic E-state index is 1.00. The highest BCUT2D eigenvalue weighted by atomic mass is 15.1. The third-order valence-corrected chi connectivity index (χ3v) is 3.20. The zero-order valence-electron chi connectivity index (χ0n) is 9.99. The van der Waals surface area contributed by atoms with Crippen molar-refractivity contribution in [2.45, 2.75) is 25.8 Å². The molecule has 1 fully saturated rings. The second kappa shape index (κ2) is 6.66. The zero-order valence-corrected chi connectivity index (χ0v) is 9.99. The van der Waals surface area contributed by atoms with Crippen LogP contribution in [0.4, 0.5) is 0 Å². The minimum Gasteiger partial charge on any atom is -0.313 e. The molecule has 0 radical (unpaired) electrons. The summed E-state index contributed by atoms with van der Waals surface area (Å²) in [5, 5.41) is 3.50. The van der Waals surface area contributed by atoms with Gasteiger partial charge in [-0.25, -0.2) is 0 Å². The van der Waals surface area contributed by atoms with Crippen molar-refractivity contribution in [2.24, 2.45) is 0 Å². The van der Waals surface area contributed by atoms with Gasteiger partial charge in [0.1, 0.15) is 0 Å². The van der Waals surface area contributed by atoms with E-state index in [0.29, 0.717) is 0 Å². The molecule has 1 N–H and O–H groups in total. The summed E-state index contributed by atoms with van der Waals surface area (Å²) < 4.78 is 0. The topological polar surface area (TPSA) is 15.3 Å². The summed E-state index contributed by atoms with van der Waals surface area (Å²) in [5.74, 6) is 0. The lowest BCUT2D eigenvalue weighted by molar-refractivity contribution is 0.331. The van der Waals surface area contributed by atoms with E-state index < -0.39 is 0 Å². The summed E-state index contributed by atoms with van der Waals surface area (Å²) in [7, 11) is 0. The fraction of sp³-hybridized carbons (Fsp3) is 0.571. The number of rotatable bonds is 6. The summed E-state index contributed by atoms with van der Waals surface area (Å²) in [6.45, 7) is 6.03. The molecule has 2 nitrogen and oxygen atoms in total. The largest absolute Gasteiger partial charge is 0.313 e. The highest BCUT2D eigenvalue weighted by Crippen LogP contribution is 2.06. The first-order valence-corrected chi connectivity index (χ1v) is 6.42. The molecule has 16 heavy (non-hydrogen) atoms. The number of hydrogen-bond donors (Lipinski definition) is 1. The predicted octanol–water partition coefficient (Wildman–Crippen LogP) is 2.26. The summed E-state index contributed by atoms with van der Waals surface area (Å²) in [5.41, 5.74) is 1.38. The number of likely N-dealkylation sites (tertiary alicyclic amines) is 1. The Kier molecular flexibility index (Phi) is 4.84. The normalized spacial score (nSPS) is 16.8. The van der Waals surface area contributed by atoms with Crippen LogP contribution in [0.25, 0.3) is 0 Å². The third-order valence-electron chi connectivity index (χ3n) is 3.20. The summed E-state index contributed by atoms with van der Waals surface area (Å²) in [4.78, 5) is 2.57. The molecular weight excluding hydrogens is 196 g/mol. The minimum absolute atomic E-state index is 1.00. The van der Waals surface area contributed by atoms with Crippen LogP contribution in [0.15, 0.2) is 30.3 Å². The van der Waals surface area contributed by atoms with Crippen LogP contribution in [0, 0.1) is 0 Å². The van der Waals surface area contributed by atoms with Gasteiger partial charge in [0.05, 0.1) is 0 Å². The van der Waals surface area contributed by atoms with Crippen LogP contribution in [0.1, 0.15) is 24.8 Å². The van der Waals surface area contributed by atoms with Gasteiger partial charge in [-0.15, -0.1) is 0 Å². The molecule has 0 aromatic heterocycles. The summed E-state index contributed by atoms with van der Waals surface area (Å²) in [6, 6.07) is 10.6. The predicted molar refractivity (Wildman–Crippen MR) is 68.4 cm³/mol. The highest BCUT2D eigenvalue weighted by Gasteiger charge is 2.09. The van der Waals surface area contributed by atoms with Gasteiger partial charge in [-0.2, -0.15) is 0 Å². The first kappa shape index (κ1) is 11.6.